The van der Waals surface area contributed by atoms with Crippen molar-refractivity contribution in [3.8, 4) is 0 Å². The minimum atomic E-state index is -0.875. The van der Waals surface area contributed by atoms with Crippen LogP contribution in [-0.4, -0.2) is 26.3 Å². The maximum atomic E-state index is 10.9. The zero-order valence-corrected chi connectivity index (χ0v) is 9.99. The maximum absolute atomic E-state index is 10.9. The monoisotopic (exact) mass is 267 g/mol. The predicted molar refractivity (Wildman–Crippen MR) is 62.7 cm³/mol. The number of carbonyl (C=O) groups is 1. The van der Waals surface area contributed by atoms with Crippen molar-refractivity contribution >= 4 is 17.7 Å². The van der Waals surface area contributed by atoms with Gasteiger partial charge in [-0.05, 0) is 22.9 Å². The number of halogens is 1. The average Bonchev–Trinajstić information content (AvgIpc) is 2.80. The lowest BCUT2D eigenvalue weighted by Gasteiger charge is -2.16. The topological polar surface area (TPSA) is 95.9 Å². The zero-order valence-electron chi connectivity index (χ0n) is 9.23. The Bertz CT molecular complexity index is 531. The standard InChI is InChI=1S/C10H10ClN5O2/c11-8-3-1-2-7(4-8)9(18-10(12)17)5-16-14-6-13-15-16/h1-4,6,9H,5H2,(H2,12,17). The van der Waals surface area contributed by atoms with Gasteiger partial charge in [-0.1, -0.05) is 23.7 Å². The number of hydrogen-bond donors (Lipinski definition) is 1. The molecule has 1 atom stereocenters. The summed E-state index contributed by atoms with van der Waals surface area (Å²) in [5.41, 5.74) is 5.74. The van der Waals surface area contributed by atoms with Gasteiger partial charge in [-0.3, -0.25) is 0 Å². The first-order valence-corrected chi connectivity index (χ1v) is 5.45. The van der Waals surface area contributed by atoms with E-state index in [2.05, 4.69) is 15.4 Å². The van der Waals surface area contributed by atoms with Crippen LogP contribution in [0.1, 0.15) is 11.7 Å². The van der Waals surface area contributed by atoms with Crippen LogP contribution in [0.3, 0.4) is 0 Å². The second-order valence-corrected chi connectivity index (χ2v) is 3.91. The van der Waals surface area contributed by atoms with Crippen molar-refractivity contribution in [1.82, 2.24) is 20.2 Å². The van der Waals surface area contributed by atoms with Crippen LogP contribution in [0.5, 0.6) is 0 Å². The van der Waals surface area contributed by atoms with Gasteiger partial charge in [-0.15, -0.1) is 10.2 Å². The summed E-state index contributed by atoms with van der Waals surface area (Å²) in [6, 6.07) is 6.94. The number of ether oxygens (including phenoxy) is 1. The highest BCUT2D eigenvalue weighted by atomic mass is 35.5. The second-order valence-electron chi connectivity index (χ2n) is 3.47. The number of benzene rings is 1. The van der Waals surface area contributed by atoms with Crippen molar-refractivity contribution < 1.29 is 9.53 Å². The first-order chi connectivity index (χ1) is 8.65. The van der Waals surface area contributed by atoms with E-state index in [0.29, 0.717) is 10.6 Å². The number of amides is 1. The Morgan fingerprint density at radius 2 is 2.39 bits per heavy atom. The van der Waals surface area contributed by atoms with E-state index in [0.717, 1.165) is 0 Å². The summed E-state index contributed by atoms with van der Waals surface area (Å²) in [5.74, 6) is 0. The van der Waals surface area contributed by atoms with E-state index in [9.17, 15) is 4.79 Å². The van der Waals surface area contributed by atoms with Gasteiger partial charge in [-0.2, -0.15) is 4.80 Å². The molecule has 1 heterocycles. The van der Waals surface area contributed by atoms with Crippen molar-refractivity contribution in [2.75, 3.05) is 0 Å². The van der Waals surface area contributed by atoms with Gasteiger partial charge in [0.25, 0.3) is 0 Å². The molecule has 0 fully saturated rings. The number of aromatic nitrogens is 4. The molecule has 0 aliphatic rings. The van der Waals surface area contributed by atoms with E-state index >= 15 is 0 Å². The highest BCUT2D eigenvalue weighted by molar-refractivity contribution is 6.30. The number of nitrogens with zero attached hydrogens (tertiary/aromatic N) is 4. The molecule has 94 valence electrons. The number of nitrogens with two attached hydrogens (primary N) is 1. The summed E-state index contributed by atoms with van der Waals surface area (Å²) in [5, 5.41) is 11.7. The van der Waals surface area contributed by atoms with Crippen LogP contribution in [0.25, 0.3) is 0 Å². The lowest BCUT2D eigenvalue weighted by Crippen LogP contribution is -2.22. The van der Waals surface area contributed by atoms with Crippen LogP contribution in [-0.2, 0) is 11.3 Å². The van der Waals surface area contributed by atoms with Crippen LogP contribution >= 0.6 is 11.6 Å². The molecule has 7 nitrogen and oxygen atoms in total. The first-order valence-electron chi connectivity index (χ1n) is 5.07. The molecule has 18 heavy (non-hydrogen) atoms. The van der Waals surface area contributed by atoms with Gasteiger partial charge >= 0.3 is 6.09 Å². The molecule has 0 bridgehead atoms. The quantitative estimate of drug-likeness (QED) is 0.897. The molecule has 0 saturated heterocycles. The van der Waals surface area contributed by atoms with Gasteiger partial charge in [0.2, 0.25) is 0 Å². The summed E-state index contributed by atoms with van der Waals surface area (Å²) < 4.78 is 5.02. The average molecular weight is 268 g/mol. The lowest BCUT2D eigenvalue weighted by molar-refractivity contribution is 0.0900. The Hall–Kier alpha value is -2.15. The molecule has 1 aromatic heterocycles. The number of carbonyl (C=O) groups excluding carboxylic acids is 1. The fourth-order valence-electron chi connectivity index (χ4n) is 1.48. The molecule has 2 N–H and O–H groups in total. The fourth-order valence-corrected chi connectivity index (χ4v) is 1.68. The lowest BCUT2D eigenvalue weighted by atomic mass is 10.1. The largest absolute Gasteiger partial charge is 0.439 e. The molecule has 1 unspecified atom stereocenters. The van der Waals surface area contributed by atoms with Gasteiger partial charge in [0.15, 0.2) is 12.4 Å². The Labute approximate surface area is 107 Å². The molecule has 0 radical (unpaired) electrons. The van der Waals surface area contributed by atoms with Crippen molar-refractivity contribution in [1.29, 1.82) is 0 Å². The third kappa shape index (κ3) is 3.17. The van der Waals surface area contributed by atoms with Gasteiger partial charge in [0, 0.05) is 5.02 Å². The minimum absolute atomic E-state index is 0.212. The Balaban J connectivity index is 2.21. The summed E-state index contributed by atoms with van der Waals surface area (Å²) in [6.07, 6.45) is -0.199. The first kappa shape index (κ1) is 12.3. The Morgan fingerprint density at radius 3 is 3.00 bits per heavy atom. The van der Waals surface area contributed by atoms with Crippen LogP contribution in [0.4, 0.5) is 4.79 Å². The SMILES string of the molecule is NC(=O)OC(Cn1ncnn1)c1cccc(Cl)c1. The molecule has 1 aromatic carbocycles. The summed E-state index contributed by atoms with van der Waals surface area (Å²) in [7, 11) is 0. The third-order valence-corrected chi connectivity index (χ3v) is 2.43. The van der Waals surface area contributed by atoms with Gasteiger partial charge in [0.05, 0.1) is 0 Å². The van der Waals surface area contributed by atoms with E-state index in [-0.39, 0.29) is 6.54 Å². The van der Waals surface area contributed by atoms with E-state index < -0.39 is 12.2 Å². The highest BCUT2D eigenvalue weighted by Crippen LogP contribution is 2.22. The normalized spacial score (nSPS) is 12.1. The Morgan fingerprint density at radius 1 is 1.56 bits per heavy atom. The second kappa shape index (κ2) is 5.46. The number of rotatable bonds is 4. The van der Waals surface area contributed by atoms with Gasteiger partial charge in [-0.25, -0.2) is 4.79 Å². The third-order valence-electron chi connectivity index (χ3n) is 2.20. The van der Waals surface area contributed by atoms with E-state index in [1.165, 1.54) is 11.1 Å². The van der Waals surface area contributed by atoms with Crippen LogP contribution < -0.4 is 5.73 Å². The summed E-state index contributed by atoms with van der Waals surface area (Å²) >= 11 is 5.89. The summed E-state index contributed by atoms with van der Waals surface area (Å²) in [6.45, 7) is 0.212. The molecule has 1 amide bonds. The fraction of sp³-hybridized carbons (Fsp3) is 0.200. The molecular formula is C10H10ClN5O2. The van der Waals surface area contributed by atoms with Crippen molar-refractivity contribution in [2.45, 2.75) is 12.6 Å². The van der Waals surface area contributed by atoms with Crippen LogP contribution in [0.15, 0.2) is 30.6 Å². The zero-order chi connectivity index (χ0) is 13.0. The van der Waals surface area contributed by atoms with Crippen LogP contribution in [0.2, 0.25) is 5.02 Å². The molecule has 0 spiro atoms. The van der Waals surface area contributed by atoms with Gasteiger partial charge in [0.1, 0.15) is 6.54 Å². The molecule has 0 aliphatic heterocycles. The molecular weight excluding hydrogens is 258 g/mol. The molecule has 2 aromatic rings. The summed E-state index contributed by atoms with van der Waals surface area (Å²) in [4.78, 5) is 12.2. The smallest absolute Gasteiger partial charge is 0.405 e. The predicted octanol–water partition coefficient (Wildman–Crippen LogP) is 1.16. The number of tetrazole rings is 1. The molecule has 2 rings (SSSR count). The van der Waals surface area contributed by atoms with Crippen molar-refractivity contribution in [3.05, 3.63) is 41.2 Å². The van der Waals surface area contributed by atoms with Crippen LogP contribution in [0, 0.1) is 0 Å². The molecule has 8 heteroatoms. The number of primary amides is 1. The maximum Gasteiger partial charge on any atom is 0.405 e. The van der Waals surface area contributed by atoms with Gasteiger partial charge < -0.3 is 10.5 Å². The highest BCUT2D eigenvalue weighted by Gasteiger charge is 2.17. The van der Waals surface area contributed by atoms with E-state index in [4.69, 9.17) is 22.1 Å². The minimum Gasteiger partial charge on any atom is -0.439 e. The number of hydrogen-bond acceptors (Lipinski definition) is 5. The van der Waals surface area contributed by atoms with E-state index in [1.807, 2.05) is 0 Å². The molecule has 0 saturated carbocycles. The Kier molecular flexibility index (Phi) is 3.73. The molecule has 0 aliphatic carbocycles. The van der Waals surface area contributed by atoms with Crippen molar-refractivity contribution in [2.24, 2.45) is 5.73 Å². The van der Waals surface area contributed by atoms with E-state index in [1.54, 1.807) is 24.3 Å². The van der Waals surface area contributed by atoms with Crippen molar-refractivity contribution in [3.63, 3.8) is 0 Å².